The lowest BCUT2D eigenvalue weighted by Crippen LogP contribution is -1.79. The molecule has 1 N–H and O–H groups in total. The van der Waals surface area contributed by atoms with Gasteiger partial charge in [0.25, 0.3) is 0 Å². The second kappa shape index (κ2) is 5.79. The molecule has 3 aromatic heterocycles. The maximum atomic E-state index is 9.55. The maximum Gasteiger partial charge on any atom is 0.0705 e. The van der Waals surface area contributed by atoms with Gasteiger partial charge in [-0.1, -0.05) is 0 Å². The van der Waals surface area contributed by atoms with Gasteiger partial charge in [-0.15, -0.1) is 34.0 Å². The van der Waals surface area contributed by atoms with E-state index in [0.717, 1.165) is 18.0 Å². The van der Waals surface area contributed by atoms with Gasteiger partial charge < -0.3 is 5.11 Å². The maximum absolute atomic E-state index is 9.55. The molecule has 0 bridgehead atoms. The van der Waals surface area contributed by atoms with Crippen molar-refractivity contribution in [2.24, 2.45) is 0 Å². The number of aliphatic hydroxyl groups is 1. The molecule has 0 fully saturated rings. The predicted molar refractivity (Wildman–Crippen MR) is 92.3 cm³/mol. The predicted octanol–water partition coefficient (Wildman–Crippen LogP) is 6.22. The van der Waals surface area contributed by atoms with Gasteiger partial charge in [-0.3, -0.25) is 0 Å². The monoisotopic (exact) mass is 434 g/mol. The van der Waals surface area contributed by atoms with Crippen LogP contribution in [0.15, 0.2) is 37.9 Å². The quantitative estimate of drug-likeness (QED) is 0.517. The number of hydrogen-bond acceptors (Lipinski definition) is 4. The van der Waals surface area contributed by atoms with Crippen molar-refractivity contribution >= 4 is 65.9 Å². The fourth-order valence-electron chi connectivity index (χ4n) is 1.76. The summed E-state index contributed by atoms with van der Waals surface area (Å²) in [7, 11) is 0. The normalized spacial score (nSPS) is 11.1. The molecule has 0 atom stereocenters. The first kappa shape index (κ1) is 14.0. The first-order chi connectivity index (χ1) is 9.17. The average molecular weight is 436 g/mol. The van der Waals surface area contributed by atoms with Gasteiger partial charge in [0.05, 0.1) is 19.1 Å². The molecule has 19 heavy (non-hydrogen) atoms. The van der Waals surface area contributed by atoms with E-state index in [-0.39, 0.29) is 6.61 Å². The first-order valence-electron chi connectivity index (χ1n) is 5.42. The van der Waals surface area contributed by atoms with Crippen molar-refractivity contribution in [3.8, 4) is 19.5 Å². The third-order valence-corrected chi connectivity index (χ3v) is 7.39. The second-order valence-electron chi connectivity index (χ2n) is 3.83. The van der Waals surface area contributed by atoms with Gasteiger partial charge in [-0.05, 0) is 67.8 Å². The van der Waals surface area contributed by atoms with Crippen LogP contribution in [0.4, 0.5) is 0 Å². The van der Waals surface area contributed by atoms with Gasteiger partial charge in [0.1, 0.15) is 0 Å². The summed E-state index contributed by atoms with van der Waals surface area (Å²) in [5.74, 6) is 0. The SMILES string of the molecule is OCc1cc(-c2ccc(Br)s2)sc1-c1ccc(Br)s1. The Bertz CT molecular complexity index is 711. The fourth-order valence-corrected chi connectivity index (χ4v) is 5.93. The third-order valence-electron chi connectivity index (χ3n) is 2.59. The molecule has 0 amide bonds. The molecule has 3 aromatic rings. The third kappa shape index (κ3) is 2.89. The zero-order chi connectivity index (χ0) is 13.4. The topological polar surface area (TPSA) is 20.2 Å². The molecule has 6 heteroatoms. The van der Waals surface area contributed by atoms with Crippen molar-refractivity contribution in [1.29, 1.82) is 0 Å². The second-order valence-corrected chi connectivity index (χ2v) is 9.81. The van der Waals surface area contributed by atoms with E-state index >= 15 is 0 Å². The molecule has 3 rings (SSSR count). The lowest BCUT2D eigenvalue weighted by Gasteiger charge is -1.95. The minimum absolute atomic E-state index is 0.0773. The van der Waals surface area contributed by atoms with Crippen LogP contribution in [0, 0.1) is 0 Å². The van der Waals surface area contributed by atoms with Crippen molar-refractivity contribution in [3.05, 3.63) is 43.5 Å². The molecule has 0 saturated carbocycles. The number of aliphatic hydroxyl groups excluding tert-OH is 1. The summed E-state index contributed by atoms with van der Waals surface area (Å²) < 4.78 is 2.24. The van der Waals surface area contributed by atoms with E-state index in [9.17, 15) is 5.11 Å². The molecule has 0 saturated heterocycles. The van der Waals surface area contributed by atoms with E-state index in [1.807, 2.05) is 6.07 Å². The van der Waals surface area contributed by atoms with Crippen molar-refractivity contribution in [3.63, 3.8) is 0 Å². The molecule has 0 spiro atoms. The van der Waals surface area contributed by atoms with Gasteiger partial charge in [-0.25, -0.2) is 0 Å². The van der Waals surface area contributed by atoms with Crippen molar-refractivity contribution < 1.29 is 5.11 Å². The van der Waals surface area contributed by atoms with Crippen LogP contribution in [0.5, 0.6) is 0 Å². The molecule has 0 radical (unpaired) electrons. The van der Waals surface area contributed by atoms with Crippen LogP contribution >= 0.6 is 65.9 Å². The Morgan fingerprint density at radius 3 is 2.00 bits per heavy atom. The summed E-state index contributed by atoms with van der Waals surface area (Å²) in [5, 5.41) is 9.55. The Morgan fingerprint density at radius 2 is 1.47 bits per heavy atom. The Labute approximate surface area is 139 Å². The van der Waals surface area contributed by atoms with Crippen LogP contribution in [0.3, 0.4) is 0 Å². The highest BCUT2D eigenvalue weighted by Crippen LogP contribution is 2.44. The molecule has 1 nitrogen and oxygen atoms in total. The largest absolute Gasteiger partial charge is 0.392 e. The molecule has 0 aliphatic carbocycles. The standard InChI is InChI=1S/C13H8Br2OS3/c14-11-3-1-8(17-11)10-5-7(6-16)13(19-10)9-2-4-12(15)18-9/h1-5,16H,6H2. The van der Waals surface area contributed by atoms with E-state index in [1.165, 1.54) is 14.6 Å². The van der Waals surface area contributed by atoms with Gasteiger partial charge in [0.15, 0.2) is 0 Å². The first-order valence-corrected chi connectivity index (χ1v) is 9.46. The van der Waals surface area contributed by atoms with E-state index in [0.29, 0.717) is 0 Å². The fraction of sp³-hybridized carbons (Fsp3) is 0.0769. The van der Waals surface area contributed by atoms with Crippen LogP contribution in [-0.2, 0) is 6.61 Å². The molecule has 0 aromatic carbocycles. The number of hydrogen-bond donors (Lipinski definition) is 1. The van der Waals surface area contributed by atoms with E-state index in [2.05, 4.69) is 56.1 Å². The van der Waals surface area contributed by atoms with Crippen LogP contribution in [0.1, 0.15) is 5.56 Å². The number of rotatable bonds is 3. The highest BCUT2D eigenvalue weighted by Gasteiger charge is 2.14. The summed E-state index contributed by atoms with van der Waals surface area (Å²) in [6.07, 6.45) is 0. The Kier molecular flexibility index (Phi) is 4.26. The van der Waals surface area contributed by atoms with Crippen LogP contribution in [-0.4, -0.2) is 5.11 Å². The minimum Gasteiger partial charge on any atom is -0.392 e. The zero-order valence-electron chi connectivity index (χ0n) is 9.52. The molecule has 98 valence electrons. The number of halogens is 2. The Balaban J connectivity index is 2.08. The van der Waals surface area contributed by atoms with Crippen molar-refractivity contribution in [2.75, 3.05) is 0 Å². The van der Waals surface area contributed by atoms with Gasteiger partial charge in [0, 0.05) is 14.6 Å². The molecular weight excluding hydrogens is 428 g/mol. The Hall–Kier alpha value is 0.0200. The molecule has 0 aliphatic rings. The summed E-state index contributed by atoms with van der Waals surface area (Å²) in [6, 6.07) is 10.4. The average Bonchev–Trinajstić information content (AvgIpc) is 3.07. The lowest BCUT2D eigenvalue weighted by atomic mass is 10.2. The molecule has 0 aliphatic heterocycles. The van der Waals surface area contributed by atoms with Crippen LogP contribution in [0.2, 0.25) is 0 Å². The molecule has 3 heterocycles. The van der Waals surface area contributed by atoms with Gasteiger partial charge in [0.2, 0.25) is 0 Å². The highest BCUT2D eigenvalue weighted by molar-refractivity contribution is 9.11. The van der Waals surface area contributed by atoms with E-state index in [1.54, 1.807) is 34.0 Å². The van der Waals surface area contributed by atoms with Crippen molar-refractivity contribution in [1.82, 2.24) is 0 Å². The summed E-state index contributed by atoms with van der Waals surface area (Å²) in [4.78, 5) is 4.80. The van der Waals surface area contributed by atoms with Gasteiger partial charge >= 0.3 is 0 Å². The summed E-state index contributed by atoms with van der Waals surface area (Å²) >= 11 is 12.1. The van der Waals surface area contributed by atoms with Crippen molar-refractivity contribution in [2.45, 2.75) is 6.61 Å². The van der Waals surface area contributed by atoms with Crippen LogP contribution in [0.25, 0.3) is 19.5 Å². The summed E-state index contributed by atoms with van der Waals surface area (Å²) in [5.41, 5.74) is 0.999. The van der Waals surface area contributed by atoms with E-state index < -0.39 is 0 Å². The van der Waals surface area contributed by atoms with Crippen LogP contribution < -0.4 is 0 Å². The lowest BCUT2D eigenvalue weighted by molar-refractivity contribution is 0.283. The molecule has 0 unspecified atom stereocenters. The van der Waals surface area contributed by atoms with Gasteiger partial charge in [-0.2, -0.15) is 0 Å². The molecular formula is C13H8Br2OS3. The number of thiophene rings is 3. The van der Waals surface area contributed by atoms with E-state index in [4.69, 9.17) is 0 Å². The smallest absolute Gasteiger partial charge is 0.0705 e. The zero-order valence-corrected chi connectivity index (χ0v) is 15.1. The summed E-state index contributed by atoms with van der Waals surface area (Å²) in [6.45, 7) is 0.0773. The Morgan fingerprint density at radius 1 is 0.842 bits per heavy atom. The highest BCUT2D eigenvalue weighted by atomic mass is 79.9. The minimum atomic E-state index is 0.0773.